The Balaban J connectivity index is 2.06. The van der Waals surface area contributed by atoms with Crippen LogP contribution in [-0.2, 0) is 11.2 Å². The number of carbonyl (C=O) groups excluding carboxylic acids is 1. The van der Waals surface area contributed by atoms with Gasteiger partial charge in [0.15, 0.2) is 5.82 Å². The van der Waals surface area contributed by atoms with Crippen molar-refractivity contribution in [1.29, 1.82) is 0 Å². The molecule has 0 spiro atoms. The van der Waals surface area contributed by atoms with Gasteiger partial charge in [-0.15, -0.1) is 0 Å². The van der Waals surface area contributed by atoms with Crippen molar-refractivity contribution in [3.05, 3.63) is 51.7 Å². The molecule has 0 radical (unpaired) electrons. The SMILES string of the molecule is CC(C)c1cc(NC(=O)Cc2ccccc2[N+](=O)[O-])n[nH]1. The summed E-state index contributed by atoms with van der Waals surface area (Å²) in [6.07, 6.45) is -0.0684. The lowest BCUT2D eigenvalue weighted by Gasteiger charge is -2.03. The number of nitro groups is 1. The van der Waals surface area contributed by atoms with E-state index >= 15 is 0 Å². The Morgan fingerprint density at radius 2 is 2.14 bits per heavy atom. The van der Waals surface area contributed by atoms with E-state index in [1.165, 1.54) is 6.07 Å². The fourth-order valence-electron chi connectivity index (χ4n) is 1.89. The number of amides is 1. The van der Waals surface area contributed by atoms with Crippen LogP contribution < -0.4 is 5.32 Å². The van der Waals surface area contributed by atoms with E-state index in [2.05, 4.69) is 15.5 Å². The number of para-hydroxylation sites is 1. The molecule has 1 amide bonds. The summed E-state index contributed by atoms with van der Waals surface area (Å²) in [5, 5.41) is 20.3. The fourth-order valence-corrected chi connectivity index (χ4v) is 1.89. The van der Waals surface area contributed by atoms with Gasteiger partial charge < -0.3 is 5.32 Å². The van der Waals surface area contributed by atoms with Crippen LogP contribution in [0.25, 0.3) is 0 Å². The number of rotatable bonds is 5. The van der Waals surface area contributed by atoms with Gasteiger partial charge in [-0.2, -0.15) is 5.10 Å². The normalized spacial score (nSPS) is 10.6. The van der Waals surface area contributed by atoms with E-state index in [0.717, 1.165) is 5.69 Å². The van der Waals surface area contributed by atoms with Crippen molar-refractivity contribution in [2.24, 2.45) is 0 Å². The monoisotopic (exact) mass is 288 g/mol. The highest BCUT2D eigenvalue weighted by molar-refractivity contribution is 5.92. The number of benzene rings is 1. The summed E-state index contributed by atoms with van der Waals surface area (Å²) in [5.41, 5.74) is 1.23. The van der Waals surface area contributed by atoms with Gasteiger partial charge in [0.05, 0.1) is 11.3 Å². The van der Waals surface area contributed by atoms with Crippen LogP contribution in [0, 0.1) is 10.1 Å². The molecular formula is C14H16N4O3. The number of hydrogen-bond donors (Lipinski definition) is 2. The van der Waals surface area contributed by atoms with Crippen molar-refractivity contribution in [2.75, 3.05) is 5.32 Å². The van der Waals surface area contributed by atoms with Crippen LogP contribution >= 0.6 is 0 Å². The second-order valence-corrected chi connectivity index (χ2v) is 4.97. The van der Waals surface area contributed by atoms with Crippen molar-refractivity contribution < 1.29 is 9.72 Å². The lowest BCUT2D eigenvalue weighted by Crippen LogP contribution is -2.15. The van der Waals surface area contributed by atoms with Crippen LogP contribution in [0.15, 0.2) is 30.3 Å². The first-order valence-corrected chi connectivity index (χ1v) is 6.55. The molecule has 0 saturated carbocycles. The number of carbonyl (C=O) groups is 1. The fraction of sp³-hybridized carbons (Fsp3) is 0.286. The lowest BCUT2D eigenvalue weighted by atomic mass is 10.1. The van der Waals surface area contributed by atoms with Crippen LogP contribution in [0.3, 0.4) is 0 Å². The van der Waals surface area contributed by atoms with E-state index in [9.17, 15) is 14.9 Å². The number of aromatic amines is 1. The van der Waals surface area contributed by atoms with E-state index in [4.69, 9.17) is 0 Å². The number of anilines is 1. The Morgan fingerprint density at radius 3 is 2.76 bits per heavy atom. The summed E-state index contributed by atoms with van der Waals surface area (Å²) in [7, 11) is 0. The maximum atomic E-state index is 11.9. The number of aromatic nitrogens is 2. The summed E-state index contributed by atoms with van der Waals surface area (Å²) in [6, 6.07) is 7.95. The summed E-state index contributed by atoms with van der Waals surface area (Å²) in [4.78, 5) is 22.4. The van der Waals surface area contributed by atoms with Gasteiger partial charge in [0.2, 0.25) is 5.91 Å². The van der Waals surface area contributed by atoms with Gasteiger partial charge in [-0.05, 0) is 5.92 Å². The molecule has 1 heterocycles. The van der Waals surface area contributed by atoms with Crippen molar-refractivity contribution in [2.45, 2.75) is 26.2 Å². The van der Waals surface area contributed by atoms with E-state index in [0.29, 0.717) is 11.4 Å². The second kappa shape index (κ2) is 6.17. The average molecular weight is 288 g/mol. The van der Waals surface area contributed by atoms with E-state index in [1.807, 2.05) is 13.8 Å². The Morgan fingerprint density at radius 1 is 1.43 bits per heavy atom. The second-order valence-electron chi connectivity index (χ2n) is 4.97. The van der Waals surface area contributed by atoms with Gasteiger partial charge >= 0.3 is 0 Å². The summed E-state index contributed by atoms with van der Waals surface area (Å²) < 4.78 is 0. The van der Waals surface area contributed by atoms with Crippen LogP contribution in [-0.4, -0.2) is 21.0 Å². The Labute approximate surface area is 121 Å². The minimum Gasteiger partial charge on any atom is -0.309 e. The van der Waals surface area contributed by atoms with Crippen molar-refractivity contribution in [3.63, 3.8) is 0 Å². The molecule has 0 atom stereocenters. The third kappa shape index (κ3) is 3.65. The van der Waals surface area contributed by atoms with Gasteiger partial charge in [-0.25, -0.2) is 0 Å². The number of nitrogens with one attached hydrogen (secondary N) is 2. The number of nitrogens with zero attached hydrogens (tertiary/aromatic N) is 2. The largest absolute Gasteiger partial charge is 0.309 e. The molecule has 21 heavy (non-hydrogen) atoms. The highest BCUT2D eigenvalue weighted by atomic mass is 16.6. The molecule has 0 unspecified atom stereocenters. The molecule has 7 heteroatoms. The molecule has 0 saturated heterocycles. The molecule has 2 aromatic rings. The molecule has 110 valence electrons. The molecular weight excluding hydrogens is 272 g/mol. The molecule has 2 N–H and O–H groups in total. The van der Waals surface area contributed by atoms with Crippen LogP contribution in [0.1, 0.15) is 31.0 Å². The lowest BCUT2D eigenvalue weighted by molar-refractivity contribution is -0.385. The molecule has 0 bridgehead atoms. The Bertz CT molecular complexity index is 664. The number of hydrogen-bond acceptors (Lipinski definition) is 4. The van der Waals surface area contributed by atoms with Gasteiger partial charge in [-0.1, -0.05) is 32.0 Å². The van der Waals surface area contributed by atoms with Crippen LogP contribution in [0.5, 0.6) is 0 Å². The highest BCUT2D eigenvalue weighted by Crippen LogP contribution is 2.19. The van der Waals surface area contributed by atoms with Crippen molar-refractivity contribution in [1.82, 2.24) is 10.2 Å². The topological polar surface area (TPSA) is 101 Å². The van der Waals surface area contributed by atoms with Crippen LogP contribution in [0.4, 0.5) is 11.5 Å². The first-order chi connectivity index (χ1) is 9.97. The molecule has 7 nitrogen and oxygen atoms in total. The molecule has 0 fully saturated rings. The zero-order valence-electron chi connectivity index (χ0n) is 11.8. The summed E-state index contributed by atoms with van der Waals surface area (Å²) in [6.45, 7) is 4.01. The Hall–Kier alpha value is -2.70. The van der Waals surface area contributed by atoms with Gasteiger partial charge in [0.25, 0.3) is 5.69 Å². The first-order valence-electron chi connectivity index (χ1n) is 6.55. The highest BCUT2D eigenvalue weighted by Gasteiger charge is 2.16. The predicted molar refractivity (Wildman–Crippen MR) is 78.1 cm³/mol. The standard InChI is InChI=1S/C14H16N4O3/c1-9(2)11-8-13(17-16-11)15-14(19)7-10-5-3-4-6-12(10)18(20)21/h3-6,8-9H,7H2,1-2H3,(H2,15,16,17,19). The van der Waals surface area contributed by atoms with E-state index in [-0.39, 0.29) is 23.9 Å². The van der Waals surface area contributed by atoms with E-state index < -0.39 is 4.92 Å². The Kier molecular flexibility index (Phi) is 4.32. The molecule has 1 aromatic heterocycles. The van der Waals surface area contributed by atoms with Crippen LogP contribution in [0.2, 0.25) is 0 Å². The molecule has 0 aliphatic carbocycles. The zero-order chi connectivity index (χ0) is 15.4. The third-order valence-corrected chi connectivity index (χ3v) is 3.03. The molecule has 1 aromatic carbocycles. The van der Waals surface area contributed by atoms with E-state index in [1.54, 1.807) is 24.3 Å². The van der Waals surface area contributed by atoms with Gasteiger partial charge in [-0.3, -0.25) is 20.0 Å². The van der Waals surface area contributed by atoms with Gasteiger partial charge in [0.1, 0.15) is 0 Å². The molecule has 0 aliphatic heterocycles. The summed E-state index contributed by atoms with van der Waals surface area (Å²) in [5.74, 6) is 0.353. The number of nitro benzene ring substituents is 1. The van der Waals surface area contributed by atoms with Gasteiger partial charge in [0, 0.05) is 23.4 Å². The van der Waals surface area contributed by atoms with Crippen molar-refractivity contribution in [3.8, 4) is 0 Å². The van der Waals surface area contributed by atoms with Crippen molar-refractivity contribution >= 4 is 17.4 Å². The maximum absolute atomic E-state index is 11.9. The zero-order valence-corrected chi connectivity index (χ0v) is 11.8. The minimum atomic E-state index is -0.492. The predicted octanol–water partition coefficient (Wildman–Crippen LogP) is 2.62. The average Bonchev–Trinajstić information content (AvgIpc) is 2.87. The first kappa shape index (κ1) is 14.7. The molecule has 2 rings (SSSR count). The maximum Gasteiger partial charge on any atom is 0.273 e. The smallest absolute Gasteiger partial charge is 0.273 e. The number of H-pyrrole nitrogens is 1. The quantitative estimate of drug-likeness (QED) is 0.652. The minimum absolute atomic E-state index is 0.0578. The summed E-state index contributed by atoms with van der Waals surface area (Å²) >= 11 is 0. The molecule has 0 aliphatic rings. The third-order valence-electron chi connectivity index (χ3n) is 3.03.